The van der Waals surface area contributed by atoms with Gasteiger partial charge in [-0.1, -0.05) is 30.0 Å². The van der Waals surface area contributed by atoms with Gasteiger partial charge in [0.05, 0.1) is 10.9 Å². The number of hydrogen-bond donors (Lipinski definition) is 1. The van der Waals surface area contributed by atoms with E-state index in [4.69, 9.17) is 0 Å². The molecule has 1 heterocycles. The molecule has 2 rings (SSSR count). The summed E-state index contributed by atoms with van der Waals surface area (Å²) < 4.78 is 2.00. The van der Waals surface area contributed by atoms with Gasteiger partial charge in [-0.15, -0.1) is 10.2 Å². The zero-order valence-corrected chi connectivity index (χ0v) is 14.4. The van der Waals surface area contributed by atoms with Crippen LogP contribution in [-0.2, 0) is 4.79 Å². The summed E-state index contributed by atoms with van der Waals surface area (Å²) in [6, 6.07) is 8.22. The van der Waals surface area contributed by atoms with Crippen molar-refractivity contribution in [2.24, 2.45) is 0 Å². The quantitative estimate of drug-likeness (QED) is 0.861. The first kappa shape index (κ1) is 16.5. The lowest BCUT2D eigenvalue weighted by atomic mass is 10.2. The zero-order chi connectivity index (χ0) is 16.3. The highest BCUT2D eigenvalue weighted by molar-refractivity contribution is 8.00. The van der Waals surface area contributed by atoms with Crippen molar-refractivity contribution in [3.63, 3.8) is 0 Å². The van der Waals surface area contributed by atoms with Gasteiger partial charge in [0.15, 0.2) is 5.16 Å². The smallest absolute Gasteiger partial charge is 0.233 e. The molecular weight excluding hydrogens is 296 g/mol. The van der Waals surface area contributed by atoms with Crippen molar-refractivity contribution < 1.29 is 4.79 Å². The third kappa shape index (κ3) is 3.68. The second kappa shape index (κ2) is 6.96. The first-order valence-electron chi connectivity index (χ1n) is 7.35. The summed E-state index contributed by atoms with van der Waals surface area (Å²) in [6.07, 6.45) is 0. The molecule has 0 saturated heterocycles. The highest BCUT2D eigenvalue weighted by atomic mass is 32.2. The van der Waals surface area contributed by atoms with Crippen molar-refractivity contribution in [2.45, 2.75) is 51.1 Å². The van der Waals surface area contributed by atoms with Gasteiger partial charge in [0.2, 0.25) is 5.91 Å². The molecule has 1 N–H and O–H groups in total. The van der Waals surface area contributed by atoms with E-state index in [2.05, 4.69) is 28.5 Å². The van der Waals surface area contributed by atoms with Crippen LogP contribution in [0.25, 0.3) is 5.69 Å². The fourth-order valence-electron chi connectivity index (χ4n) is 2.12. The van der Waals surface area contributed by atoms with E-state index < -0.39 is 0 Å². The Morgan fingerprint density at radius 2 is 1.86 bits per heavy atom. The molecule has 118 valence electrons. The molecule has 0 aliphatic carbocycles. The number of nitrogens with zero attached hydrogens (tertiary/aromatic N) is 3. The van der Waals surface area contributed by atoms with Gasteiger partial charge in [0.25, 0.3) is 0 Å². The molecule has 1 amide bonds. The van der Waals surface area contributed by atoms with E-state index in [1.807, 2.05) is 50.5 Å². The molecule has 1 atom stereocenters. The number of benzene rings is 1. The Bertz CT molecular complexity index is 666. The van der Waals surface area contributed by atoms with Gasteiger partial charge in [-0.05, 0) is 46.2 Å². The summed E-state index contributed by atoms with van der Waals surface area (Å²) >= 11 is 1.42. The molecule has 0 fully saturated rings. The minimum Gasteiger partial charge on any atom is -0.353 e. The van der Waals surface area contributed by atoms with Gasteiger partial charge in [0, 0.05) is 6.04 Å². The highest BCUT2D eigenvalue weighted by Gasteiger charge is 2.20. The van der Waals surface area contributed by atoms with Crippen molar-refractivity contribution in [1.82, 2.24) is 20.1 Å². The van der Waals surface area contributed by atoms with Crippen LogP contribution >= 0.6 is 11.8 Å². The van der Waals surface area contributed by atoms with Gasteiger partial charge in [-0.25, -0.2) is 0 Å². The number of nitrogens with one attached hydrogen (secondary N) is 1. The van der Waals surface area contributed by atoms with Crippen LogP contribution < -0.4 is 5.32 Å². The van der Waals surface area contributed by atoms with E-state index in [9.17, 15) is 4.79 Å². The Kier molecular flexibility index (Phi) is 5.24. The maximum Gasteiger partial charge on any atom is 0.233 e. The predicted octanol–water partition coefficient (Wildman–Crippen LogP) is 2.89. The molecule has 0 bridgehead atoms. The molecule has 0 saturated carbocycles. The molecule has 6 heteroatoms. The lowest BCUT2D eigenvalue weighted by Crippen LogP contribution is -2.36. The van der Waals surface area contributed by atoms with Crippen LogP contribution in [0, 0.1) is 13.8 Å². The van der Waals surface area contributed by atoms with Crippen molar-refractivity contribution >= 4 is 17.7 Å². The molecule has 5 nitrogen and oxygen atoms in total. The summed E-state index contributed by atoms with van der Waals surface area (Å²) in [4.78, 5) is 12.1. The average molecular weight is 318 g/mol. The Morgan fingerprint density at radius 1 is 1.18 bits per heavy atom. The van der Waals surface area contributed by atoms with Gasteiger partial charge in [-0.2, -0.15) is 0 Å². The van der Waals surface area contributed by atoms with Gasteiger partial charge in [-0.3, -0.25) is 9.36 Å². The molecule has 0 radical (unpaired) electrons. The topological polar surface area (TPSA) is 59.8 Å². The summed E-state index contributed by atoms with van der Waals surface area (Å²) in [6.45, 7) is 9.76. The number of para-hydroxylation sites is 1. The van der Waals surface area contributed by atoms with Crippen LogP contribution in [0.4, 0.5) is 0 Å². The number of rotatable bonds is 5. The molecule has 0 unspecified atom stereocenters. The Labute approximate surface area is 135 Å². The van der Waals surface area contributed by atoms with Crippen LogP contribution in [0.2, 0.25) is 0 Å². The first-order valence-corrected chi connectivity index (χ1v) is 8.23. The molecule has 22 heavy (non-hydrogen) atoms. The van der Waals surface area contributed by atoms with Crippen molar-refractivity contribution in [3.05, 3.63) is 35.7 Å². The molecular formula is C16H22N4OS. The standard InChI is InChI=1S/C16H22N4OS/c1-10(2)17-15(21)12(4)22-16-19-18-13(5)20(16)14-9-7-6-8-11(14)3/h6-10,12H,1-5H3,(H,17,21)/t12-/m0/s1. The van der Waals surface area contributed by atoms with E-state index in [1.54, 1.807) is 0 Å². The fourth-order valence-corrected chi connectivity index (χ4v) is 3.04. The molecule has 1 aromatic carbocycles. The van der Waals surface area contributed by atoms with Crippen molar-refractivity contribution in [3.8, 4) is 5.69 Å². The van der Waals surface area contributed by atoms with E-state index >= 15 is 0 Å². The molecule has 0 aliphatic rings. The zero-order valence-electron chi connectivity index (χ0n) is 13.6. The Hall–Kier alpha value is -1.82. The number of aryl methyl sites for hydroxylation is 2. The maximum absolute atomic E-state index is 12.1. The lowest BCUT2D eigenvalue weighted by molar-refractivity contribution is -0.120. The number of thioether (sulfide) groups is 1. The largest absolute Gasteiger partial charge is 0.353 e. The maximum atomic E-state index is 12.1. The van der Waals surface area contributed by atoms with Crippen LogP contribution in [0.5, 0.6) is 0 Å². The number of aromatic nitrogens is 3. The normalized spacial score (nSPS) is 12.5. The lowest BCUT2D eigenvalue weighted by Gasteiger charge is -2.15. The Morgan fingerprint density at radius 3 is 2.50 bits per heavy atom. The number of amides is 1. The van der Waals surface area contributed by atoms with Crippen LogP contribution in [0.15, 0.2) is 29.4 Å². The summed E-state index contributed by atoms with van der Waals surface area (Å²) in [5.74, 6) is 0.824. The van der Waals surface area contributed by atoms with Crippen molar-refractivity contribution in [1.29, 1.82) is 0 Å². The highest BCUT2D eigenvalue weighted by Crippen LogP contribution is 2.27. The SMILES string of the molecule is Cc1ccccc1-n1c(C)nnc1S[C@@H](C)C(=O)NC(C)C. The van der Waals surface area contributed by atoms with E-state index in [1.165, 1.54) is 11.8 Å². The summed E-state index contributed by atoms with van der Waals surface area (Å²) in [5.41, 5.74) is 2.19. The molecule has 0 aliphatic heterocycles. The monoisotopic (exact) mass is 318 g/mol. The average Bonchev–Trinajstić information content (AvgIpc) is 2.79. The number of carbonyl (C=O) groups excluding carboxylic acids is 1. The minimum atomic E-state index is -0.228. The van der Waals surface area contributed by atoms with Gasteiger partial charge >= 0.3 is 0 Å². The number of hydrogen-bond acceptors (Lipinski definition) is 4. The van der Waals surface area contributed by atoms with Gasteiger partial charge in [0.1, 0.15) is 5.82 Å². The fraction of sp³-hybridized carbons (Fsp3) is 0.438. The second-order valence-corrected chi connectivity index (χ2v) is 6.88. The van der Waals surface area contributed by atoms with Crippen molar-refractivity contribution in [2.75, 3.05) is 0 Å². The van der Waals surface area contributed by atoms with Crippen LogP contribution in [0.3, 0.4) is 0 Å². The van der Waals surface area contributed by atoms with Gasteiger partial charge < -0.3 is 5.32 Å². The van der Waals surface area contributed by atoms with Crippen LogP contribution in [-0.4, -0.2) is 32.0 Å². The molecule has 2 aromatic rings. The van der Waals surface area contributed by atoms with Crippen LogP contribution in [0.1, 0.15) is 32.2 Å². The predicted molar refractivity (Wildman–Crippen MR) is 89.4 cm³/mol. The Balaban J connectivity index is 2.27. The third-order valence-corrected chi connectivity index (χ3v) is 4.28. The summed E-state index contributed by atoms with van der Waals surface area (Å²) in [7, 11) is 0. The molecule has 1 aromatic heterocycles. The molecule has 0 spiro atoms. The number of carbonyl (C=O) groups is 1. The van der Waals surface area contributed by atoms with E-state index in [0.29, 0.717) is 0 Å². The summed E-state index contributed by atoms with van der Waals surface area (Å²) in [5, 5.41) is 11.8. The van der Waals surface area contributed by atoms with E-state index in [-0.39, 0.29) is 17.2 Å². The first-order chi connectivity index (χ1) is 10.4. The third-order valence-electron chi connectivity index (χ3n) is 3.23. The van der Waals surface area contributed by atoms with E-state index in [0.717, 1.165) is 22.2 Å². The minimum absolute atomic E-state index is 0.0111. The second-order valence-electron chi connectivity index (χ2n) is 5.58.